The van der Waals surface area contributed by atoms with Gasteiger partial charge in [0.25, 0.3) is 11.8 Å². The van der Waals surface area contributed by atoms with E-state index in [9.17, 15) is 33.9 Å². The quantitative estimate of drug-likeness (QED) is 0.0472. The minimum atomic E-state index is -0.483. The van der Waals surface area contributed by atoms with Crippen molar-refractivity contribution < 1.29 is 48.1 Å². The Hall–Kier alpha value is -10.9. The molecule has 0 radical (unpaired) electrons. The predicted molar refractivity (Wildman–Crippen MR) is 305 cm³/mol. The molecule has 0 spiro atoms. The minimum absolute atomic E-state index is 0.0629. The lowest BCUT2D eigenvalue weighted by Crippen LogP contribution is -2.13. The number of esters is 2. The smallest absolute Gasteiger partial charge is 0.337 e. The van der Waals surface area contributed by atoms with Crippen LogP contribution in [-0.2, 0) is 38.5 Å². The summed E-state index contributed by atoms with van der Waals surface area (Å²) in [6, 6.07) is 54.3. The first-order valence-electron chi connectivity index (χ1n) is 25.3. The Morgan fingerprint density at radius 2 is 0.901 bits per heavy atom. The monoisotopic (exact) mass is 1080 g/mol. The van der Waals surface area contributed by atoms with Crippen LogP contribution in [0.2, 0.25) is 0 Å². The second kappa shape index (κ2) is 26.9. The summed E-state index contributed by atoms with van der Waals surface area (Å²) < 4.78 is 15.5. The number of primary amides is 2. The summed E-state index contributed by atoms with van der Waals surface area (Å²) in [5.41, 5.74) is 20.5. The van der Waals surface area contributed by atoms with Crippen molar-refractivity contribution in [1.82, 2.24) is 20.4 Å². The molecule has 2 aromatic heterocycles. The van der Waals surface area contributed by atoms with E-state index in [0.717, 1.165) is 5.56 Å². The highest BCUT2D eigenvalue weighted by molar-refractivity contribution is 6.07. The Morgan fingerprint density at radius 1 is 0.469 bits per heavy atom. The number of rotatable bonds is 19. The van der Waals surface area contributed by atoms with Gasteiger partial charge in [-0.25, -0.2) is 9.59 Å². The first kappa shape index (κ1) is 56.3. The third-order valence-electron chi connectivity index (χ3n) is 12.5. The Kier molecular flexibility index (Phi) is 18.7. The highest BCUT2D eigenvalue weighted by Gasteiger charge is 2.20. The van der Waals surface area contributed by atoms with Crippen LogP contribution >= 0.6 is 0 Å². The number of carbonyl (C=O) groups excluding carboxylic acids is 6. The molecule has 18 nitrogen and oxygen atoms in total. The molecule has 0 atom stereocenters. The lowest BCUT2D eigenvalue weighted by molar-refractivity contribution is -0.118. The fraction of sp³-hybridized carbons (Fsp3) is 0.111. The van der Waals surface area contributed by atoms with Crippen LogP contribution in [0.25, 0.3) is 45.0 Å². The van der Waals surface area contributed by atoms with Gasteiger partial charge in [-0.15, -0.1) is 20.4 Å². The lowest BCUT2D eigenvalue weighted by atomic mass is 9.98. The van der Waals surface area contributed by atoms with Crippen molar-refractivity contribution in [3.8, 4) is 56.5 Å². The number of hydrogen-bond acceptors (Lipinski definition) is 14. The van der Waals surface area contributed by atoms with Crippen LogP contribution in [0.5, 0.6) is 11.5 Å². The number of ether oxygens (including phenoxy) is 3. The second-order valence-electron chi connectivity index (χ2n) is 18.1. The maximum atomic E-state index is 13.2. The van der Waals surface area contributed by atoms with Gasteiger partial charge < -0.3 is 41.4 Å². The number of carbonyl (C=O) groups is 6. The molecule has 7 N–H and O–H groups in total. The van der Waals surface area contributed by atoms with Crippen molar-refractivity contribution in [2.75, 3.05) is 24.9 Å². The average molecular weight is 1080 g/mol. The van der Waals surface area contributed by atoms with E-state index in [0.29, 0.717) is 115 Å². The summed E-state index contributed by atoms with van der Waals surface area (Å²) in [7, 11) is 2.62. The maximum absolute atomic E-state index is 13.2. The van der Waals surface area contributed by atoms with E-state index in [1.54, 1.807) is 103 Å². The fourth-order valence-electron chi connectivity index (χ4n) is 8.41. The molecule has 0 aliphatic carbocycles. The van der Waals surface area contributed by atoms with Gasteiger partial charge in [0, 0.05) is 46.2 Å². The van der Waals surface area contributed by atoms with E-state index in [1.807, 2.05) is 60.7 Å². The molecule has 0 bridgehead atoms. The van der Waals surface area contributed by atoms with Gasteiger partial charge in [-0.2, -0.15) is 0 Å². The van der Waals surface area contributed by atoms with Gasteiger partial charge in [-0.1, -0.05) is 91.0 Å². The predicted octanol–water partition coefficient (Wildman–Crippen LogP) is 9.82. The SMILES string of the molecule is COC(=O)c1cccc(-c2nnc(-c3ccccc3NC(=O)c3ccc(O)cc3)cc2CCC(N)=O)c1.COC(=O)c1cccc(-c2nnc(-c3ccccc3NC(=O)c3ccc(OCc4ccccc4)cc3)cc2CCC(N)=O)c1. The van der Waals surface area contributed by atoms with E-state index in [1.165, 1.54) is 38.5 Å². The number of anilines is 2. The number of para-hydroxylation sites is 2. The van der Waals surface area contributed by atoms with Crippen molar-refractivity contribution in [1.29, 1.82) is 0 Å². The van der Waals surface area contributed by atoms with E-state index >= 15 is 0 Å². The van der Waals surface area contributed by atoms with E-state index in [-0.39, 0.29) is 30.4 Å². The van der Waals surface area contributed by atoms with Gasteiger partial charge >= 0.3 is 11.9 Å². The Bertz CT molecular complexity index is 3740. The third-order valence-corrected chi connectivity index (χ3v) is 12.5. The molecule has 7 aromatic carbocycles. The fourth-order valence-corrected chi connectivity index (χ4v) is 8.41. The number of nitrogens with one attached hydrogen (secondary N) is 2. The van der Waals surface area contributed by atoms with Crippen LogP contribution in [-0.4, -0.2) is 75.3 Å². The molecule has 0 saturated carbocycles. The molecule has 81 heavy (non-hydrogen) atoms. The number of methoxy groups -OCH3 is 2. The number of aryl methyl sites for hydroxylation is 2. The molecule has 9 rings (SSSR count). The van der Waals surface area contributed by atoms with Crippen molar-refractivity contribution >= 4 is 46.9 Å². The summed E-state index contributed by atoms with van der Waals surface area (Å²) in [6.07, 6.45) is 0.798. The molecular formula is C63H54N8O10. The number of aromatic hydroxyl groups is 1. The summed E-state index contributed by atoms with van der Waals surface area (Å²) in [4.78, 5) is 73.3. The number of phenols is 1. The van der Waals surface area contributed by atoms with Crippen LogP contribution in [0.4, 0.5) is 11.4 Å². The minimum Gasteiger partial charge on any atom is -0.508 e. The lowest BCUT2D eigenvalue weighted by Gasteiger charge is -2.14. The van der Waals surface area contributed by atoms with Crippen molar-refractivity contribution in [2.45, 2.75) is 32.3 Å². The van der Waals surface area contributed by atoms with Crippen molar-refractivity contribution in [3.63, 3.8) is 0 Å². The van der Waals surface area contributed by atoms with Crippen molar-refractivity contribution in [3.05, 3.63) is 227 Å². The second-order valence-corrected chi connectivity index (χ2v) is 18.1. The topological polar surface area (TPSA) is 278 Å². The van der Waals surface area contributed by atoms with Crippen LogP contribution in [0, 0.1) is 0 Å². The molecule has 0 fully saturated rings. The third kappa shape index (κ3) is 15.0. The number of benzene rings is 7. The number of nitrogens with zero attached hydrogens (tertiary/aromatic N) is 4. The highest BCUT2D eigenvalue weighted by atomic mass is 16.5. The molecule has 0 aliphatic rings. The largest absolute Gasteiger partial charge is 0.508 e. The van der Waals surface area contributed by atoms with Gasteiger partial charge in [-0.3, -0.25) is 19.2 Å². The zero-order valence-electron chi connectivity index (χ0n) is 44.0. The van der Waals surface area contributed by atoms with E-state index in [2.05, 4.69) is 31.0 Å². The number of nitrogens with two attached hydrogens (primary N) is 2. The van der Waals surface area contributed by atoms with E-state index < -0.39 is 23.8 Å². The van der Waals surface area contributed by atoms with Gasteiger partial charge in [-0.05, 0) is 127 Å². The Labute approximate surface area is 465 Å². The number of amides is 4. The molecule has 9 aromatic rings. The summed E-state index contributed by atoms with van der Waals surface area (Å²) in [5.74, 6) is -1.82. The Morgan fingerprint density at radius 3 is 1.35 bits per heavy atom. The zero-order chi connectivity index (χ0) is 57.3. The highest BCUT2D eigenvalue weighted by Crippen LogP contribution is 2.33. The van der Waals surface area contributed by atoms with Crippen LogP contribution in [0.15, 0.2) is 188 Å². The van der Waals surface area contributed by atoms with E-state index in [4.69, 9.17) is 25.7 Å². The summed E-state index contributed by atoms with van der Waals surface area (Å²) >= 11 is 0. The first-order valence-corrected chi connectivity index (χ1v) is 25.3. The standard InChI is InChI=1S/C35H30N4O5.C28H24N4O5/c1-43-35(42)27-11-7-10-25(20-27)33-26(16-19-32(36)40)21-31(38-39-33)29-12-5-6-13-30(29)37-34(41)24-14-17-28(18-15-24)44-22-23-8-3-2-4-9-23;1-37-28(36)20-6-4-5-18(15-20)26-19(11-14-25(29)34)16-24(31-32-26)22-7-2-3-8-23(22)30-27(35)17-9-12-21(33)13-10-17/h2-15,17-18,20-21H,16,19,22H2,1H3,(H2,36,40)(H,37,41);2-10,12-13,15-16,33H,11,14H2,1H3,(H2,29,34)(H,30,35). The molecule has 2 heterocycles. The normalized spacial score (nSPS) is 10.5. The maximum Gasteiger partial charge on any atom is 0.337 e. The summed E-state index contributed by atoms with van der Waals surface area (Å²) in [6.45, 7) is 0.428. The number of hydrogen-bond donors (Lipinski definition) is 5. The van der Waals surface area contributed by atoms with Gasteiger partial charge in [0.1, 0.15) is 18.1 Å². The summed E-state index contributed by atoms with van der Waals surface area (Å²) in [5, 5.41) is 33.1. The molecule has 0 aliphatic heterocycles. The van der Waals surface area contributed by atoms with Crippen molar-refractivity contribution in [2.24, 2.45) is 11.5 Å². The zero-order valence-corrected chi connectivity index (χ0v) is 44.0. The van der Waals surface area contributed by atoms with Gasteiger partial charge in [0.15, 0.2) is 0 Å². The number of aromatic nitrogens is 4. The first-order chi connectivity index (χ1) is 39.3. The molecule has 4 amide bonds. The van der Waals surface area contributed by atoms with Gasteiger partial charge in [0.05, 0.1) is 59.5 Å². The van der Waals surface area contributed by atoms with Gasteiger partial charge in [0.2, 0.25) is 11.8 Å². The molecular weight excluding hydrogens is 1030 g/mol. The number of phenolic OH excluding ortho intramolecular Hbond substituents is 1. The molecule has 406 valence electrons. The van der Waals surface area contributed by atoms with Crippen LogP contribution in [0.3, 0.4) is 0 Å². The molecule has 18 heteroatoms. The van der Waals surface area contributed by atoms with Crippen LogP contribution in [0.1, 0.15) is 71.0 Å². The molecule has 0 unspecified atom stereocenters. The molecule has 0 saturated heterocycles. The van der Waals surface area contributed by atoms with Crippen LogP contribution < -0.4 is 26.8 Å². The Balaban J connectivity index is 0.000000216. The average Bonchev–Trinajstić information content (AvgIpc) is 3.64.